The first-order valence-corrected chi connectivity index (χ1v) is 11.1. The van der Waals surface area contributed by atoms with Crippen molar-refractivity contribution in [3.63, 3.8) is 0 Å². The minimum Gasteiger partial charge on any atom is -0.395 e. The smallest absolute Gasteiger partial charge is 0.262 e. The van der Waals surface area contributed by atoms with Crippen LogP contribution in [0.15, 0.2) is 47.4 Å². The van der Waals surface area contributed by atoms with Crippen LogP contribution >= 0.6 is 0 Å². The zero-order valence-electron chi connectivity index (χ0n) is 17.7. The Morgan fingerprint density at radius 2 is 1.72 bits per heavy atom. The summed E-state index contributed by atoms with van der Waals surface area (Å²) in [5, 5.41) is 9.07. The summed E-state index contributed by atoms with van der Waals surface area (Å²) in [6.07, 6.45) is 0. The SMILES string of the molecule is CCN(CCO)C(=O)c1ccc(NS(=O)(=O)c2cc(C(C)(C)C)ccc2C)cc1. The molecule has 0 unspecified atom stereocenters. The molecule has 2 N–H and O–H groups in total. The van der Waals surface area contributed by atoms with E-state index < -0.39 is 10.0 Å². The zero-order chi connectivity index (χ0) is 21.8. The topological polar surface area (TPSA) is 86.7 Å². The molecule has 29 heavy (non-hydrogen) atoms. The number of hydrogen-bond donors (Lipinski definition) is 2. The van der Waals surface area contributed by atoms with Gasteiger partial charge < -0.3 is 10.0 Å². The van der Waals surface area contributed by atoms with Crippen LogP contribution in [-0.4, -0.2) is 44.0 Å². The number of aliphatic hydroxyl groups excluding tert-OH is 1. The molecule has 1 amide bonds. The third-order valence-corrected chi connectivity index (χ3v) is 6.29. The number of nitrogens with zero attached hydrogens (tertiary/aromatic N) is 1. The van der Waals surface area contributed by atoms with Crippen LogP contribution in [0, 0.1) is 6.92 Å². The molecule has 0 bridgehead atoms. The van der Waals surface area contributed by atoms with Gasteiger partial charge in [0.05, 0.1) is 11.5 Å². The third kappa shape index (κ3) is 5.58. The number of carbonyl (C=O) groups excluding carboxylic acids is 1. The molecule has 0 fully saturated rings. The molecule has 0 aliphatic rings. The number of anilines is 1. The van der Waals surface area contributed by atoms with Crippen molar-refractivity contribution in [3.8, 4) is 0 Å². The van der Waals surface area contributed by atoms with Crippen LogP contribution in [0.3, 0.4) is 0 Å². The largest absolute Gasteiger partial charge is 0.395 e. The Hall–Kier alpha value is -2.38. The van der Waals surface area contributed by atoms with Crippen LogP contribution in [0.5, 0.6) is 0 Å². The van der Waals surface area contributed by atoms with E-state index in [4.69, 9.17) is 5.11 Å². The van der Waals surface area contributed by atoms with Gasteiger partial charge in [-0.05, 0) is 60.7 Å². The first-order valence-electron chi connectivity index (χ1n) is 9.63. The van der Waals surface area contributed by atoms with E-state index >= 15 is 0 Å². The highest BCUT2D eigenvalue weighted by atomic mass is 32.2. The Labute approximate surface area is 173 Å². The summed E-state index contributed by atoms with van der Waals surface area (Å²) in [6.45, 7) is 10.3. The second-order valence-electron chi connectivity index (χ2n) is 8.02. The summed E-state index contributed by atoms with van der Waals surface area (Å²) in [6, 6.07) is 11.8. The molecule has 0 heterocycles. The lowest BCUT2D eigenvalue weighted by Crippen LogP contribution is -2.33. The predicted octanol–water partition coefficient (Wildman–Crippen LogP) is 3.55. The van der Waals surface area contributed by atoms with Crippen molar-refractivity contribution >= 4 is 21.6 Å². The van der Waals surface area contributed by atoms with Crippen LogP contribution in [0.2, 0.25) is 0 Å². The van der Waals surface area contributed by atoms with Crippen molar-refractivity contribution in [2.24, 2.45) is 0 Å². The Kier molecular flexibility index (Phi) is 7.08. The predicted molar refractivity (Wildman–Crippen MR) is 116 cm³/mol. The summed E-state index contributed by atoms with van der Waals surface area (Å²) in [5.41, 5.74) is 2.26. The molecule has 0 atom stereocenters. The molecular weight excluding hydrogens is 388 g/mol. The lowest BCUT2D eigenvalue weighted by atomic mass is 9.87. The third-order valence-electron chi connectivity index (χ3n) is 4.77. The second-order valence-corrected chi connectivity index (χ2v) is 9.67. The van der Waals surface area contributed by atoms with Gasteiger partial charge in [-0.3, -0.25) is 9.52 Å². The molecule has 0 saturated carbocycles. The van der Waals surface area contributed by atoms with Gasteiger partial charge >= 0.3 is 0 Å². The first kappa shape index (κ1) is 22.9. The molecule has 6 nitrogen and oxygen atoms in total. The van der Waals surface area contributed by atoms with Crippen molar-refractivity contribution < 1.29 is 18.3 Å². The fourth-order valence-electron chi connectivity index (χ4n) is 2.95. The summed E-state index contributed by atoms with van der Waals surface area (Å²) in [5.74, 6) is -0.204. The Morgan fingerprint density at radius 3 is 2.24 bits per heavy atom. The van der Waals surface area contributed by atoms with Crippen molar-refractivity contribution in [1.29, 1.82) is 0 Å². The highest BCUT2D eigenvalue weighted by molar-refractivity contribution is 7.92. The van der Waals surface area contributed by atoms with Gasteiger partial charge in [-0.15, -0.1) is 0 Å². The molecule has 0 aliphatic heterocycles. The van der Waals surface area contributed by atoms with Gasteiger partial charge in [-0.2, -0.15) is 0 Å². The lowest BCUT2D eigenvalue weighted by molar-refractivity contribution is 0.0732. The molecule has 2 aromatic rings. The minimum atomic E-state index is -3.77. The molecule has 0 saturated heterocycles. The number of benzene rings is 2. The fourth-order valence-corrected chi connectivity index (χ4v) is 4.28. The number of nitrogens with one attached hydrogen (secondary N) is 1. The fraction of sp³-hybridized carbons (Fsp3) is 0.409. The maximum absolute atomic E-state index is 12.9. The van der Waals surface area contributed by atoms with Gasteiger partial charge in [0.15, 0.2) is 0 Å². The van der Waals surface area contributed by atoms with E-state index in [1.54, 1.807) is 37.3 Å². The number of amides is 1. The summed E-state index contributed by atoms with van der Waals surface area (Å²) < 4.78 is 28.5. The Balaban J connectivity index is 2.27. The maximum atomic E-state index is 12.9. The van der Waals surface area contributed by atoms with Gasteiger partial charge in [0.25, 0.3) is 15.9 Å². The van der Waals surface area contributed by atoms with Crippen LogP contribution in [0.25, 0.3) is 0 Å². The van der Waals surface area contributed by atoms with E-state index in [0.717, 1.165) is 5.56 Å². The molecule has 2 rings (SSSR count). The van der Waals surface area contributed by atoms with E-state index in [0.29, 0.717) is 23.4 Å². The normalized spacial score (nSPS) is 11.9. The van der Waals surface area contributed by atoms with E-state index in [2.05, 4.69) is 4.72 Å². The highest BCUT2D eigenvalue weighted by Crippen LogP contribution is 2.28. The monoisotopic (exact) mass is 418 g/mol. The van der Waals surface area contributed by atoms with Gasteiger partial charge in [-0.1, -0.05) is 32.9 Å². The molecule has 7 heteroatoms. The average Bonchev–Trinajstić information content (AvgIpc) is 2.65. The molecule has 0 radical (unpaired) electrons. The van der Waals surface area contributed by atoms with Gasteiger partial charge in [0.2, 0.25) is 0 Å². The Bertz CT molecular complexity index is 961. The van der Waals surface area contributed by atoms with Crippen LogP contribution < -0.4 is 4.72 Å². The average molecular weight is 419 g/mol. The molecule has 158 valence electrons. The highest BCUT2D eigenvalue weighted by Gasteiger charge is 2.22. The van der Waals surface area contributed by atoms with Crippen molar-refractivity contribution in [3.05, 3.63) is 59.2 Å². The number of sulfonamides is 1. The second kappa shape index (κ2) is 8.97. The van der Waals surface area contributed by atoms with Crippen LogP contribution in [0.1, 0.15) is 49.2 Å². The number of carbonyl (C=O) groups is 1. The van der Waals surface area contributed by atoms with E-state index in [1.165, 1.54) is 4.90 Å². The number of aryl methyl sites for hydroxylation is 1. The number of likely N-dealkylation sites (N-methyl/N-ethyl adjacent to an activating group) is 1. The summed E-state index contributed by atoms with van der Waals surface area (Å²) >= 11 is 0. The van der Waals surface area contributed by atoms with Gasteiger partial charge in [0.1, 0.15) is 0 Å². The molecule has 0 aromatic heterocycles. The Morgan fingerprint density at radius 1 is 1.10 bits per heavy atom. The standard InChI is InChI=1S/C22H30N2O4S/c1-6-24(13-14-25)21(26)17-8-11-19(12-9-17)23-29(27,28)20-15-18(22(3,4)5)10-7-16(20)2/h7-12,15,23,25H,6,13-14H2,1-5H3. The quantitative estimate of drug-likeness (QED) is 0.720. The van der Waals surface area contributed by atoms with Gasteiger partial charge in [0, 0.05) is 24.3 Å². The van der Waals surface area contributed by atoms with E-state index in [-0.39, 0.29) is 29.4 Å². The minimum absolute atomic E-state index is 0.107. The first-order chi connectivity index (χ1) is 13.5. The summed E-state index contributed by atoms with van der Waals surface area (Å²) in [4.78, 5) is 14.2. The number of hydrogen-bond acceptors (Lipinski definition) is 4. The van der Waals surface area contributed by atoms with Crippen molar-refractivity contribution in [2.45, 2.75) is 44.9 Å². The van der Waals surface area contributed by atoms with Crippen molar-refractivity contribution in [1.82, 2.24) is 4.90 Å². The zero-order valence-corrected chi connectivity index (χ0v) is 18.5. The number of rotatable bonds is 7. The van der Waals surface area contributed by atoms with E-state index in [1.807, 2.05) is 39.8 Å². The molecule has 2 aromatic carbocycles. The number of aliphatic hydroxyl groups is 1. The van der Waals surface area contributed by atoms with Gasteiger partial charge in [-0.25, -0.2) is 8.42 Å². The maximum Gasteiger partial charge on any atom is 0.262 e. The van der Waals surface area contributed by atoms with Crippen LogP contribution in [0.4, 0.5) is 5.69 Å². The van der Waals surface area contributed by atoms with E-state index in [9.17, 15) is 13.2 Å². The van der Waals surface area contributed by atoms with Crippen molar-refractivity contribution in [2.75, 3.05) is 24.4 Å². The molecule has 0 spiro atoms. The lowest BCUT2D eigenvalue weighted by Gasteiger charge is -2.21. The molecular formula is C22H30N2O4S. The summed E-state index contributed by atoms with van der Waals surface area (Å²) in [7, 11) is -3.77. The molecule has 0 aliphatic carbocycles. The van der Waals surface area contributed by atoms with Crippen LogP contribution in [-0.2, 0) is 15.4 Å².